The van der Waals surface area contributed by atoms with Gasteiger partial charge in [0.15, 0.2) is 5.78 Å². The molecular weight excluding hydrogens is 208 g/mol. The normalized spacial score (nSPS) is 26.4. The summed E-state index contributed by atoms with van der Waals surface area (Å²) in [5.74, 6) is 1.68. The second-order valence-corrected chi connectivity index (χ2v) is 5.87. The van der Waals surface area contributed by atoms with Gasteiger partial charge >= 0.3 is 0 Å². The number of hydrogen-bond donors (Lipinski definition) is 0. The van der Waals surface area contributed by atoms with Gasteiger partial charge in [-0.2, -0.15) is 0 Å². The maximum Gasteiger partial charge on any atom is 0.159 e. The Balaban J connectivity index is 2.55. The molecule has 1 aliphatic rings. The molecule has 3 unspecified atom stereocenters. The summed E-state index contributed by atoms with van der Waals surface area (Å²) >= 11 is 0. The third-order valence-electron chi connectivity index (χ3n) is 3.98. The first-order valence-corrected chi connectivity index (χ1v) is 6.77. The zero-order chi connectivity index (χ0) is 13.0. The number of carbonyl (C=O) groups excluding carboxylic acids is 1. The monoisotopic (exact) mass is 234 g/mol. The molecule has 0 aromatic carbocycles. The molecule has 0 radical (unpaired) electrons. The first-order valence-electron chi connectivity index (χ1n) is 6.77. The van der Waals surface area contributed by atoms with Crippen molar-refractivity contribution in [3.05, 3.63) is 23.3 Å². The molecule has 1 heteroatoms. The first-order chi connectivity index (χ1) is 7.91. The highest BCUT2D eigenvalue weighted by Gasteiger charge is 2.29. The van der Waals surface area contributed by atoms with Gasteiger partial charge in [0.2, 0.25) is 0 Å². The van der Waals surface area contributed by atoms with Gasteiger partial charge in [0, 0.05) is 5.92 Å². The summed E-state index contributed by atoms with van der Waals surface area (Å²) in [6, 6.07) is 0. The molecule has 1 aliphatic carbocycles. The van der Waals surface area contributed by atoms with Crippen molar-refractivity contribution in [3.8, 4) is 0 Å². The van der Waals surface area contributed by atoms with Crippen LogP contribution in [0.5, 0.6) is 0 Å². The van der Waals surface area contributed by atoms with Crippen LogP contribution in [0.4, 0.5) is 0 Å². The topological polar surface area (TPSA) is 17.1 Å². The maximum atomic E-state index is 12.0. The van der Waals surface area contributed by atoms with E-state index in [1.54, 1.807) is 0 Å². The van der Waals surface area contributed by atoms with E-state index in [0.29, 0.717) is 17.6 Å². The molecule has 1 rings (SSSR count). The van der Waals surface area contributed by atoms with Crippen molar-refractivity contribution in [2.45, 2.75) is 53.9 Å². The van der Waals surface area contributed by atoms with Crippen molar-refractivity contribution in [2.75, 3.05) is 0 Å². The molecule has 0 saturated carbocycles. The Morgan fingerprint density at radius 3 is 2.76 bits per heavy atom. The molecule has 0 spiro atoms. The lowest BCUT2D eigenvalue weighted by molar-refractivity contribution is -0.120. The number of carbonyl (C=O) groups is 1. The summed E-state index contributed by atoms with van der Waals surface area (Å²) in [7, 11) is 0. The van der Waals surface area contributed by atoms with E-state index in [0.717, 1.165) is 19.3 Å². The molecule has 0 N–H and O–H groups in total. The summed E-state index contributed by atoms with van der Waals surface area (Å²) in [5, 5.41) is 0. The van der Waals surface area contributed by atoms with Crippen LogP contribution in [-0.2, 0) is 4.79 Å². The van der Waals surface area contributed by atoms with Crippen molar-refractivity contribution < 1.29 is 4.79 Å². The molecule has 0 saturated heterocycles. The van der Waals surface area contributed by atoms with Crippen LogP contribution in [0.1, 0.15) is 53.9 Å². The van der Waals surface area contributed by atoms with E-state index in [-0.39, 0.29) is 5.92 Å². The van der Waals surface area contributed by atoms with Gasteiger partial charge in [0.25, 0.3) is 0 Å². The van der Waals surface area contributed by atoms with Gasteiger partial charge in [-0.25, -0.2) is 0 Å². The molecule has 3 atom stereocenters. The fourth-order valence-electron chi connectivity index (χ4n) is 2.51. The van der Waals surface area contributed by atoms with Crippen LogP contribution >= 0.6 is 0 Å². The molecule has 17 heavy (non-hydrogen) atoms. The Morgan fingerprint density at radius 2 is 2.18 bits per heavy atom. The average molecular weight is 234 g/mol. The van der Waals surface area contributed by atoms with Crippen LogP contribution in [0, 0.1) is 17.8 Å². The molecule has 0 aliphatic heterocycles. The fourth-order valence-corrected chi connectivity index (χ4v) is 2.51. The minimum absolute atomic E-state index is 0.249. The minimum Gasteiger partial charge on any atom is -0.295 e. The predicted molar refractivity (Wildman–Crippen MR) is 73.9 cm³/mol. The highest BCUT2D eigenvalue weighted by molar-refractivity contribution is 5.93. The van der Waals surface area contributed by atoms with E-state index in [2.05, 4.69) is 40.7 Å². The van der Waals surface area contributed by atoms with Gasteiger partial charge in [-0.3, -0.25) is 4.79 Å². The van der Waals surface area contributed by atoms with Crippen LogP contribution in [0.15, 0.2) is 23.3 Å². The van der Waals surface area contributed by atoms with Crippen molar-refractivity contribution in [2.24, 2.45) is 17.8 Å². The van der Waals surface area contributed by atoms with E-state index in [1.807, 2.05) is 6.08 Å². The van der Waals surface area contributed by atoms with Crippen molar-refractivity contribution in [3.63, 3.8) is 0 Å². The van der Waals surface area contributed by atoms with E-state index in [4.69, 9.17) is 0 Å². The van der Waals surface area contributed by atoms with Gasteiger partial charge in [-0.05, 0) is 57.9 Å². The Kier molecular flexibility index (Phi) is 5.17. The number of allylic oxidation sites excluding steroid dienone is 4. The Morgan fingerprint density at radius 1 is 1.53 bits per heavy atom. The maximum absolute atomic E-state index is 12.0. The van der Waals surface area contributed by atoms with Gasteiger partial charge in [-0.15, -0.1) is 0 Å². The van der Waals surface area contributed by atoms with Crippen LogP contribution in [0.3, 0.4) is 0 Å². The third-order valence-corrected chi connectivity index (χ3v) is 3.98. The molecule has 0 heterocycles. The molecule has 0 aromatic rings. The van der Waals surface area contributed by atoms with Crippen LogP contribution in [0.25, 0.3) is 0 Å². The van der Waals surface area contributed by atoms with E-state index in [9.17, 15) is 4.79 Å². The van der Waals surface area contributed by atoms with Crippen LogP contribution < -0.4 is 0 Å². The number of ketones is 1. The SMILES string of the molecule is CC(C)=CCCC(C)C1CC(C)C(C)=CC1=O. The second kappa shape index (κ2) is 6.18. The lowest BCUT2D eigenvalue weighted by atomic mass is 9.75. The summed E-state index contributed by atoms with van der Waals surface area (Å²) in [6.07, 6.45) is 7.41. The smallest absolute Gasteiger partial charge is 0.159 e. The summed E-state index contributed by atoms with van der Waals surface area (Å²) < 4.78 is 0. The standard InChI is InChI=1S/C16H26O/c1-11(2)7-6-8-12(3)15-9-13(4)14(5)10-16(15)17/h7,10,12-13,15H,6,8-9H2,1-5H3. The first kappa shape index (κ1) is 14.2. The van der Waals surface area contributed by atoms with Crippen molar-refractivity contribution in [1.82, 2.24) is 0 Å². The van der Waals surface area contributed by atoms with E-state index in [1.165, 1.54) is 11.1 Å². The summed E-state index contributed by atoms with van der Waals surface area (Å²) in [4.78, 5) is 12.0. The van der Waals surface area contributed by atoms with Gasteiger partial charge in [-0.1, -0.05) is 31.1 Å². The summed E-state index contributed by atoms with van der Waals surface area (Å²) in [6.45, 7) is 10.8. The Labute approximate surface area is 106 Å². The minimum atomic E-state index is 0.249. The molecule has 0 bridgehead atoms. The lowest BCUT2D eigenvalue weighted by Crippen LogP contribution is -2.27. The molecule has 96 valence electrons. The van der Waals surface area contributed by atoms with Gasteiger partial charge in [0.05, 0.1) is 0 Å². The number of rotatable bonds is 4. The predicted octanol–water partition coefficient (Wildman–Crippen LogP) is 4.54. The van der Waals surface area contributed by atoms with Gasteiger partial charge < -0.3 is 0 Å². The Hall–Kier alpha value is -0.850. The zero-order valence-electron chi connectivity index (χ0n) is 11.9. The van der Waals surface area contributed by atoms with Crippen molar-refractivity contribution >= 4 is 5.78 Å². The van der Waals surface area contributed by atoms with E-state index < -0.39 is 0 Å². The fraction of sp³-hybridized carbons (Fsp3) is 0.688. The largest absolute Gasteiger partial charge is 0.295 e. The van der Waals surface area contributed by atoms with Crippen molar-refractivity contribution in [1.29, 1.82) is 0 Å². The van der Waals surface area contributed by atoms with Crippen LogP contribution in [0.2, 0.25) is 0 Å². The Bertz CT molecular complexity index is 331. The molecule has 0 amide bonds. The quantitative estimate of drug-likeness (QED) is 0.653. The number of hydrogen-bond acceptors (Lipinski definition) is 1. The lowest BCUT2D eigenvalue weighted by Gasteiger charge is -2.29. The van der Waals surface area contributed by atoms with E-state index >= 15 is 0 Å². The highest BCUT2D eigenvalue weighted by Crippen LogP contribution is 2.32. The second-order valence-electron chi connectivity index (χ2n) is 5.87. The van der Waals surface area contributed by atoms with Crippen LogP contribution in [-0.4, -0.2) is 5.78 Å². The third kappa shape index (κ3) is 4.14. The van der Waals surface area contributed by atoms with Gasteiger partial charge in [0.1, 0.15) is 0 Å². The molecule has 0 fully saturated rings. The molecule has 0 aromatic heterocycles. The zero-order valence-corrected chi connectivity index (χ0v) is 11.9. The molecular formula is C16H26O. The molecule has 1 nitrogen and oxygen atoms in total. The average Bonchev–Trinajstić information content (AvgIpc) is 2.22. The highest BCUT2D eigenvalue weighted by atomic mass is 16.1. The summed E-state index contributed by atoms with van der Waals surface area (Å²) in [5.41, 5.74) is 2.62.